The number of nitrogens with one attached hydrogen (secondary N) is 1. The van der Waals surface area contributed by atoms with Gasteiger partial charge in [-0.1, -0.05) is 12.1 Å². The van der Waals surface area contributed by atoms with Crippen molar-refractivity contribution in [3.63, 3.8) is 0 Å². The quantitative estimate of drug-likeness (QED) is 0.787. The van der Waals surface area contributed by atoms with Crippen LogP contribution in [0.5, 0.6) is 11.5 Å². The molecule has 2 aliphatic rings. The Bertz CT molecular complexity index is 832. The van der Waals surface area contributed by atoms with Gasteiger partial charge < -0.3 is 29.3 Å². The normalized spacial score (nSPS) is 21.1. The molecule has 156 valence electrons. The van der Waals surface area contributed by atoms with Gasteiger partial charge in [0.2, 0.25) is 5.95 Å². The molecule has 2 aliphatic heterocycles. The predicted octanol–water partition coefficient (Wildman–Crippen LogP) is 1.70. The van der Waals surface area contributed by atoms with Crippen molar-refractivity contribution in [3.8, 4) is 11.5 Å². The van der Waals surface area contributed by atoms with E-state index in [1.165, 1.54) is 0 Å². The summed E-state index contributed by atoms with van der Waals surface area (Å²) in [5, 5.41) is 3.65. The van der Waals surface area contributed by atoms with E-state index in [1.807, 2.05) is 37.2 Å². The zero-order chi connectivity index (χ0) is 20.2. The fraction of sp³-hybridized carbons (Fsp3) is 0.524. The molecule has 0 saturated carbocycles. The molecule has 1 N–H and O–H groups in total. The van der Waals surface area contributed by atoms with Gasteiger partial charge in [-0.15, -0.1) is 0 Å². The van der Waals surface area contributed by atoms with Crippen LogP contribution in [-0.4, -0.2) is 69.6 Å². The van der Waals surface area contributed by atoms with Gasteiger partial charge in [-0.05, 0) is 12.1 Å². The van der Waals surface area contributed by atoms with Crippen molar-refractivity contribution in [2.75, 3.05) is 57.3 Å². The number of hydrogen-bond acceptors (Lipinski definition) is 8. The third-order valence-corrected chi connectivity index (χ3v) is 5.33. The van der Waals surface area contributed by atoms with Crippen molar-refractivity contribution < 1.29 is 14.2 Å². The first kappa shape index (κ1) is 19.7. The van der Waals surface area contributed by atoms with Crippen molar-refractivity contribution in [1.82, 2.24) is 15.3 Å². The van der Waals surface area contributed by atoms with E-state index >= 15 is 0 Å². The molecule has 0 amide bonds. The molecule has 0 spiro atoms. The van der Waals surface area contributed by atoms with Gasteiger partial charge in [0.05, 0.1) is 25.4 Å². The van der Waals surface area contributed by atoms with E-state index in [-0.39, 0.29) is 12.1 Å². The Morgan fingerprint density at radius 1 is 1.21 bits per heavy atom. The lowest BCUT2D eigenvalue weighted by Gasteiger charge is -2.20. The SMILES string of the molecule is CO[C@@H]1CN(c2ccnc(N(C)C)n2)C[C@@H]1NCc1cccc2c1OCCCO2. The third-order valence-electron chi connectivity index (χ3n) is 5.33. The Kier molecular flexibility index (Phi) is 6.01. The second-order valence-electron chi connectivity index (χ2n) is 7.57. The topological polar surface area (TPSA) is 72.0 Å². The lowest BCUT2D eigenvalue weighted by atomic mass is 10.1. The summed E-state index contributed by atoms with van der Waals surface area (Å²) in [7, 11) is 5.65. The van der Waals surface area contributed by atoms with Gasteiger partial charge in [0.15, 0.2) is 11.5 Å². The van der Waals surface area contributed by atoms with Crippen molar-refractivity contribution in [2.24, 2.45) is 0 Å². The number of nitrogens with zero attached hydrogens (tertiary/aromatic N) is 4. The molecule has 2 aromatic rings. The molecule has 8 heteroatoms. The van der Waals surface area contributed by atoms with E-state index in [0.717, 1.165) is 42.4 Å². The first-order valence-corrected chi connectivity index (χ1v) is 10.0. The van der Waals surface area contributed by atoms with Crippen LogP contribution < -0.4 is 24.6 Å². The Morgan fingerprint density at radius 3 is 2.90 bits per heavy atom. The number of para-hydroxylation sites is 1. The molecule has 1 fully saturated rings. The zero-order valence-corrected chi connectivity index (χ0v) is 17.3. The number of aromatic nitrogens is 2. The number of benzene rings is 1. The molecule has 0 unspecified atom stereocenters. The molecule has 1 aromatic heterocycles. The minimum Gasteiger partial charge on any atom is -0.490 e. The predicted molar refractivity (Wildman–Crippen MR) is 112 cm³/mol. The standard InChI is InChI=1S/C21H29N5O3/c1-25(2)21-22-9-8-19(24-21)26-13-16(18(14-26)27-3)23-12-15-6-4-7-17-20(15)29-11-5-10-28-17/h4,6-9,16,18,23H,5,10-14H2,1-3H3/t16-,18+/m0/s1. The molecule has 0 aliphatic carbocycles. The largest absolute Gasteiger partial charge is 0.490 e. The van der Waals surface area contributed by atoms with Crippen LogP contribution in [0.25, 0.3) is 0 Å². The number of rotatable bonds is 6. The monoisotopic (exact) mass is 399 g/mol. The molecule has 3 heterocycles. The lowest BCUT2D eigenvalue weighted by molar-refractivity contribution is 0.0965. The first-order valence-electron chi connectivity index (χ1n) is 10.0. The zero-order valence-electron chi connectivity index (χ0n) is 17.3. The summed E-state index contributed by atoms with van der Waals surface area (Å²) >= 11 is 0. The molecule has 4 rings (SSSR count). The highest BCUT2D eigenvalue weighted by Crippen LogP contribution is 2.33. The maximum Gasteiger partial charge on any atom is 0.226 e. The van der Waals surface area contributed by atoms with Crippen molar-refractivity contribution >= 4 is 11.8 Å². The molecule has 0 bridgehead atoms. The molecular weight excluding hydrogens is 370 g/mol. The fourth-order valence-corrected chi connectivity index (χ4v) is 3.76. The molecule has 1 saturated heterocycles. The van der Waals surface area contributed by atoms with Gasteiger partial charge in [0, 0.05) is 59.0 Å². The fourth-order valence-electron chi connectivity index (χ4n) is 3.76. The molecular formula is C21H29N5O3. The summed E-state index contributed by atoms with van der Waals surface area (Å²) in [4.78, 5) is 13.1. The van der Waals surface area contributed by atoms with E-state index in [1.54, 1.807) is 13.3 Å². The summed E-state index contributed by atoms with van der Waals surface area (Å²) in [6.07, 6.45) is 2.78. The maximum absolute atomic E-state index is 5.95. The Morgan fingerprint density at radius 2 is 2.07 bits per heavy atom. The summed E-state index contributed by atoms with van der Waals surface area (Å²) in [5.74, 6) is 3.31. The second-order valence-corrected chi connectivity index (χ2v) is 7.57. The Labute approximate surface area is 171 Å². The summed E-state index contributed by atoms with van der Waals surface area (Å²) in [6.45, 7) is 3.67. The number of hydrogen-bond donors (Lipinski definition) is 1. The summed E-state index contributed by atoms with van der Waals surface area (Å²) in [5.41, 5.74) is 1.11. The number of methoxy groups -OCH3 is 1. The lowest BCUT2D eigenvalue weighted by Crippen LogP contribution is -2.39. The van der Waals surface area contributed by atoms with E-state index in [2.05, 4.69) is 26.3 Å². The Hall–Kier alpha value is -2.58. The van der Waals surface area contributed by atoms with Crippen LogP contribution in [-0.2, 0) is 11.3 Å². The second kappa shape index (κ2) is 8.84. The molecule has 29 heavy (non-hydrogen) atoms. The summed E-state index contributed by atoms with van der Waals surface area (Å²) < 4.78 is 17.5. The molecule has 0 radical (unpaired) electrons. The maximum atomic E-state index is 5.95. The van der Waals surface area contributed by atoms with Gasteiger partial charge in [-0.25, -0.2) is 4.98 Å². The van der Waals surface area contributed by atoms with Crippen LogP contribution in [0, 0.1) is 0 Å². The summed E-state index contributed by atoms with van der Waals surface area (Å²) in [6, 6.07) is 8.20. The number of anilines is 2. The minimum atomic E-state index is 0.0762. The highest BCUT2D eigenvalue weighted by molar-refractivity contribution is 5.47. The first-order chi connectivity index (χ1) is 14.2. The molecule has 1 aromatic carbocycles. The van der Waals surface area contributed by atoms with Gasteiger partial charge >= 0.3 is 0 Å². The number of ether oxygens (including phenoxy) is 3. The van der Waals surface area contributed by atoms with Gasteiger partial charge in [0.1, 0.15) is 5.82 Å². The minimum absolute atomic E-state index is 0.0762. The third kappa shape index (κ3) is 4.38. The van der Waals surface area contributed by atoms with Crippen LogP contribution in [0.15, 0.2) is 30.5 Å². The van der Waals surface area contributed by atoms with Crippen LogP contribution in [0.3, 0.4) is 0 Å². The van der Waals surface area contributed by atoms with E-state index < -0.39 is 0 Å². The van der Waals surface area contributed by atoms with E-state index in [9.17, 15) is 0 Å². The van der Waals surface area contributed by atoms with Crippen molar-refractivity contribution in [1.29, 1.82) is 0 Å². The van der Waals surface area contributed by atoms with E-state index in [0.29, 0.717) is 25.7 Å². The number of fused-ring (bicyclic) bond motifs is 1. The van der Waals surface area contributed by atoms with Gasteiger partial charge in [-0.3, -0.25) is 0 Å². The van der Waals surface area contributed by atoms with Gasteiger partial charge in [0.25, 0.3) is 0 Å². The average molecular weight is 399 g/mol. The van der Waals surface area contributed by atoms with Crippen molar-refractivity contribution in [2.45, 2.75) is 25.1 Å². The smallest absolute Gasteiger partial charge is 0.226 e. The van der Waals surface area contributed by atoms with Crippen LogP contribution in [0.1, 0.15) is 12.0 Å². The van der Waals surface area contributed by atoms with Crippen LogP contribution >= 0.6 is 0 Å². The molecule has 8 nitrogen and oxygen atoms in total. The van der Waals surface area contributed by atoms with E-state index in [4.69, 9.17) is 14.2 Å². The van der Waals surface area contributed by atoms with Crippen LogP contribution in [0.2, 0.25) is 0 Å². The average Bonchev–Trinajstić information content (AvgIpc) is 3.00. The highest BCUT2D eigenvalue weighted by Gasteiger charge is 2.33. The van der Waals surface area contributed by atoms with Crippen LogP contribution in [0.4, 0.5) is 11.8 Å². The van der Waals surface area contributed by atoms with Crippen molar-refractivity contribution in [3.05, 3.63) is 36.0 Å². The Balaban J connectivity index is 1.45. The highest BCUT2D eigenvalue weighted by atomic mass is 16.5. The van der Waals surface area contributed by atoms with Gasteiger partial charge in [-0.2, -0.15) is 4.98 Å². The molecule has 2 atom stereocenters.